The van der Waals surface area contributed by atoms with Crippen molar-refractivity contribution in [3.05, 3.63) is 84.2 Å². The van der Waals surface area contributed by atoms with Gasteiger partial charge in [0, 0.05) is 11.6 Å². The molecule has 1 N–H and O–H groups in total. The lowest BCUT2D eigenvalue weighted by atomic mass is 10.2. The molecule has 0 aliphatic carbocycles. The maximum atomic E-state index is 13.0. The lowest BCUT2D eigenvalue weighted by molar-refractivity contribution is 0.101. The highest BCUT2D eigenvalue weighted by atomic mass is 16.5. The molecule has 0 aliphatic rings. The monoisotopic (exact) mass is 414 g/mol. The Labute approximate surface area is 180 Å². The fourth-order valence-electron chi connectivity index (χ4n) is 3.21. The molecule has 1 amide bonds. The molecule has 0 saturated carbocycles. The summed E-state index contributed by atoms with van der Waals surface area (Å²) in [5.41, 5.74) is 3.23. The summed E-state index contributed by atoms with van der Waals surface area (Å²) in [6.07, 6.45) is 0. The molecule has 0 unspecified atom stereocenters. The van der Waals surface area contributed by atoms with E-state index in [1.165, 1.54) is 7.11 Å². The topological polar surface area (TPSA) is 78.3 Å². The summed E-state index contributed by atoms with van der Waals surface area (Å²) < 4.78 is 12.3. The van der Waals surface area contributed by atoms with Crippen molar-refractivity contribution in [3.8, 4) is 28.6 Å². The molecular formula is C24H22N4O3. The zero-order valence-electron chi connectivity index (χ0n) is 17.5. The molecule has 0 saturated heterocycles. The van der Waals surface area contributed by atoms with Gasteiger partial charge in [-0.05, 0) is 36.8 Å². The largest absolute Gasteiger partial charge is 0.497 e. The first-order valence-electron chi connectivity index (χ1n) is 9.72. The maximum absolute atomic E-state index is 13.0. The molecule has 0 radical (unpaired) electrons. The molecule has 4 rings (SSSR count). The number of hydrogen-bond acceptors (Lipinski definition) is 5. The Bertz CT molecular complexity index is 1220. The number of aromatic nitrogens is 3. The lowest BCUT2D eigenvalue weighted by Crippen LogP contribution is -2.15. The van der Waals surface area contributed by atoms with Crippen LogP contribution < -0.4 is 14.8 Å². The third-order valence-corrected chi connectivity index (χ3v) is 4.74. The second kappa shape index (κ2) is 8.71. The van der Waals surface area contributed by atoms with Crippen LogP contribution in [0.25, 0.3) is 17.1 Å². The van der Waals surface area contributed by atoms with Crippen LogP contribution >= 0.6 is 0 Å². The number of rotatable bonds is 6. The molecule has 4 aromatic rings. The van der Waals surface area contributed by atoms with Crippen LogP contribution in [0.15, 0.2) is 72.8 Å². The van der Waals surface area contributed by atoms with Gasteiger partial charge in [-0.1, -0.05) is 42.5 Å². The summed E-state index contributed by atoms with van der Waals surface area (Å²) >= 11 is 0. The van der Waals surface area contributed by atoms with E-state index in [0.29, 0.717) is 23.0 Å². The summed E-state index contributed by atoms with van der Waals surface area (Å²) in [4.78, 5) is 17.6. The Kier molecular flexibility index (Phi) is 5.66. The number of nitrogens with one attached hydrogen (secondary N) is 1. The highest BCUT2D eigenvalue weighted by Gasteiger charge is 2.20. The molecular weight excluding hydrogens is 392 g/mol. The van der Waals surface area contributed by atoms with Crippen LogP contribution in [-0.2, 0) is 0 Å². The molecule has 0 spiro atoms. The van der Waals surface area contributed by atoms with Crippen LogP contribution in [0.4, 0.5) is 5.69 Å². The number of aryl methyl sites for hydroxylation is 1. The minimum atomic E-state index is -0.449. The summed E-state index contributed by atoms with van der Waals surface area (Å²) in [7, 11) is 3.10. The van der Waals surface area contributed by atoms with Gasteiger partial charge < -0.3 is 14.8 Å². The van der Waals surface area contributed by atoms with E-state index in [4.69, 9.17) is 9.47 Å². The van der Waals surface area contributed by atoms with Crippen LogP contribution in [0.1, 0.15) is 16.2 Å². The van der Waals surface area contributed by atoms with Gasteiger partial charge in [-0.15, -0.1) is 5.10 Å². The zero-order valence-corrected chi connectivity index (χ0v) is 17.5. The normalized spacial score (nSPS) is 10.5. The van der Waals surface area contributed by atoms with Gasteiger partial charge in [0.25, 0.3) is 5.91 Å². The van der Waals surface area contributed by atoms with E-state index >= 15 is 0 Å². The average Bonchev–Trinajstić information content (AvgIpc) is 3.25. The third kappa shape index (κ3) is 4.25. The fourth-order valence-corrected chi connectivity index (χ4v) is 3.21. The Morgan fingerprint density at radius 1 is 0.935 bits per heavy atom. The first-order chi connectivity index (χ1) is 15.1. The summed E-state index contributed by atoms with van der Waals surface area (Å²) in [5, 5.41) is 7.34. The molecule has 0 fully saturated rings. The second-order valence-electron chi connectivity index (χ2n) is 6.90. The van der Waals surface area contributed by atoms with Crippen molar-refractivity contribution < 1.29 is 14.3 Å². The molecule has 1 aromatic heterocycles. The van der Waals surface area contributed by atoms with Gasteiger partial charge in [-0.2, -0.15) is 0 Å². The molecule has 0 aliphatic heterocycles. The number of carbonyl (C=O) groups excluding carboxylic acids is 1. The number of amides is 1. The highest BCUT2D eigenvalue weighted by Crippen LogP contribution is 2.29. The van der Waals surface area contributed by atoms with Gasteiger partial charge in [0.1, 0.15) is 11.5 Å². The van der Waals surface area contributed by atoms with E-state index in [9.17, 15) is 4.79 Å². The van der Waals surface area contributed by atoms with E-state index in [-0.39, 0.29) is 5.82 Å². The van der Waals surface area contributed by atoms with E-state index < -0.39 is 5.91 Å². The molecule has 0 bridgehead atoms. The van der Waals surface area contributed by atoms with Gasteiger partial charge in [0.15, 0.2) is 5.82 Å². The number of methoxy groups -OCH3 is 2. The van der Waals surface area contributed by atoms with Crippen LogP contribution in [0.3, 0.4) is 0 Å². The van der Waals surface area contributed by atoms with Crippen molar-refractivity contribution in [1.82, 2.24) is 14.8 Å². The average molecular weight is 414 g/mol. The van der Waals surface area contributed by atoms with Crippen LogP contribution in [0, 0.1) is 6.92 Å². The Morgan fingerprint density at radius 3 is 2.45 bits per heavy atom. The molecule has 7 nitrogen and oxygen atoms in total. The summed E-state index contributed by atoms with van der Waals surface area (Å²) in [5.74, 6) is 1.28. The lowest BCUT2D eigenvalue weighted by Gasteiger charge is -2.10. The SMILES string of the molecule is COc1ccc(OC)c(NC(=O)c2nc(-c3ccccc3)n(-c3cccc(C)c3)n2)c1. The predicted molar refractivity (Wildman–Crippen MR) is 119 cm³/mol. The highest BCUT2D eigenvalue weighted by molar-refractivity contribution is 6.02. The molecule has 156 valence electrons. The van der Waals surface area contributed by atoms with E-state index in [1.807, 2.05) is 61.5 Å². The Morgan fingerprint density at radius 2 is 1.74 bits per heavy atom. The van der Waals surface area contributed by atoms with Crippen molar-refractivity contribution >= 4 is 11.6 Å². The van der Waals surface area contributed by atoms with Crippen LogP contribution in [0.5, 0.6) is 11.5 Å². The first-order valence-corrected chi connectivity index (χ1v) is 9.72. The van der Waals surface area contributed by atoms with Crippen molar-refractivity contribution in [1.29, 1.82) is 0 Å². The summed E-state index contributed by atoms with van der Waals surface area (Å²) in [6.45, 7) is 2.01. The van der Waals surface area contributed by atoms with Crippen LogP contribution in [-0.4, -0.2) is 34.9 Å². The Balaban J connectivity index is 1.75. The Hall–Kier alpha value is -4.13. The number of ether oxygens (including phenoxy) is 2. The standard InChI is InChI=1S/C24H22N4O3/c1-16-8-7-11-18(14-16)28-23(17-9-5-4-6-10-17)26-22(27-28)24(29)25-20-15-19(30-2)12-13-21(20)31-3/h4-15H,1-3H3,(H,25,29). The molecule has 31 heavy (non-hydrogen) atoms. The van der Waals surface area contributed by atoms with E-state index in [2.05, 4.69) is 15.4 Å². The quantitative estimate of drug-likeness (QED) is 0.502. The van der Waals surface area contributed by atoms with Crippen molar-refractivity contribution in [2.45, 2.75) is 6.92 Å². The molecule has 1 heterocycles. The number of anilines is 1. The number of hydrogen-bond donors (Lipinski definition) is 1. The predicted octanol–water partition coefficient (Wildman–Crippen LogP) is 4.51. The smallest absolute Gasteiger partial charge is 0.295 e. The second-order valence-corrected chi connectivity index (χ2v) is 6.90. The van der Waals surface area contributed by atoms with Gasteiger partial charge >= 0.3 is 0 Å². The van der Waals surface area contributed by atoms with Crippen molar-refractivity contribution in [2.75, 3.05) is 19.5 Å². The minimum absolute atomic E-state index is 0.0465. The molecule has 3 aromatic carbocycles. The fraction of sp³-hybridized carbons (Fsp3) is 0.125. The first kappa shape index (κ1) is 20.2. The molecule has 0 atom stereocenters. The van der Waals surface area contributed by atoms with Crippen molar-refractivity contribution in [2.24, 2.45) is 0 Å². The van der Waals surface area contributed by atoms with Crippen molar-refractivity contribution in [3.63, 3.8) is 0 Å². The van der Waals surface area contributed by atoms with E-state index in [1.54, 1.807) is 30.0 Å². The van der Waals surface area contributed by atoms with Crippen LogP contribution in [0.2, 0.25) is 0 Å². The minimum Gasteiger partial charge on any atom is -0.497 e. The van der Waals surface area contributed by atoms with Gasteiger partial charge in [0.2, 0.25) is 5.82 Å². The zero-order chi connectivity index (χ0) is 21.8. The number of carbonyl (C=O) groups is 1. The van der Waals surface area contributed by atoms with Gasteiger partial charge in [-0.25, -0.2) is 9.67 Å². The van der Waals surface area contributed by atoms with Gasteiger partial charge in [-0.3, -0.25) is 4.79 Å². The van der Waals surface area contributed by atoms with Gasteiger partial charge in [0.05, 0.1) is 25.6 Å². The third-order valence-electron chi connectivity index (χ3n) is 4.74. The summed E-state index contributed by atoms with van der Waals surface area (Å²) in [6, 6.07) is 22.7. The maximum Gasteiger partial charge on any atom is 0.295 e. The number of nitrogens with zero attached hydrogens (tertiary/aromatic N) is 3. The molecule has 7 heteroatoms. The van der Waals surface area contributed by atoms with E-state index in [0.717, 1.165) is 16.8 Å². The number of benzene rings is 3.